The zero-order valence-corrected chi connectivity index (χ0v) is 11.3. The van der Waals surface area contributed by atoms with E-state index in [9.17, 15) is 9.59 Å². The molecule has 1 heterocycles. The van der Waals surface area contributed by atoms with Crippen LogP contribution in [0.1, 0.15) is 16.8 Å². The maximum absolute atomic E-state index is 12.2. The van der Waals surface area contributed by atoms with Gasteiger partial charge in [-0.1, -0.05) is 47.7 Å². The van der Waals surface area contributed by atoms with Crippen LogP contribution >= 0.6 is 0 Å². The topological polar surface area (TPSA) is 64.8 Å². The molecule has 0 bridgehead atoms. The van der Waals surface area contributed by atoms with Crippen molar-refractivity contribution in [3.05, 3.63) is 70.5 Å². The highest BCUT2D eigenvalue weighted by molar-refractivity contribution is 5.95. The lowest BCUT2D eigenvalue weighted by Gasteiger charge is -2.04. The maximum Gasteiger partial charge on any atom is 0.277 e. The van der Waals surface area contributed by atoms with Gasteiger partial charge in [-0.05, 0) is 12.1 Å². The minimum atomic E-state index is -0.221. The van der Waals surface area contributed by atoms with Crippen LogP contribution in [0.25, 0.3) is 10.9 Å². The number of carbonyl (C=O) groups is 1. The molecule has 5 nitrogen and oxygen atoms in total. The quantitative estimate of drug-likeness (QED) is 0.686. The highest BCUT2D eigenvalue weighted by Crippen LogP contribution is 2.05. The predicted octanol–water partition coefficient (Wildman–Crippen LogP) is 2.06. The van der Waals surface area contributed by atoms with Crippen LogP contribution in [0.3, 0.4) is 0 Å². The third-order valence-electron chi connectivity index (χ3n) is 3.28. The minimum absolute atomic E-state index is 0.0162. The van der Waals surface area contributed by atoms with Gasteiger partial charge in [0.1, 0.15) is 5.52 Å². The van der Waals surface area contributed by atoms with Gasteiger partial charge in [-0.2, -0.15) is 0 Å². The van der Waals surface area contributed by atoms with Crippen molar-refractivity contribution in [1.82, 2.24) is 15.0 Å². The third-order valence-corrected chi connectivity index (χ3v) is 3.28. The summed E-state index contributed by atoms with van der Waals surface area (Å²) in [4.78, 5) is 24.3. The third kappa shape index (κ3) is 2.72. The Kier molecular flexibility index (Phi) is 3.55. The summed E-state index contributed by atoms with van der Waals surface area (Å²) in [6.45, 7) is 0.227. The summed E-state index contributed by atoms with van der Waals surface area (Å²) < 4.78 is 1.24. The van der Waals surface area contributed by atoms with Crippen molar-refractivity contribution in [2.24, 2.45) is 0 Å². The maximum atomic E-state index is 12.2. The predicted molar refractivity (Wildman–Crippen MR) is 79.2 cm³/mol. The van der Waals surface area contributed by atoms with Crippen LogP contribution in [0, 0.1) is 0 Å². The number of nitrogens with zero attached hydrogens (tertiary/aromatic N) is 3. The number of hydrogen-bond donors (Lipinski definition) is 0. The van der Waals surface area contributed by atoms with Crippen molar-refractivity contribution < 1.29 is 4.79 Å². The summed E-state index contributed by atoms with van der Waals surface area (Å²) in [6.07, 6.45) is 0.219. The normalized spacial score (nSPS) is 10.7. The molecule has 0 spiro atoms. The largest absolute Gasteiger partial charge is 0.294 e. The van der Waals surface area contributed by atoms with Gasteiger partial charge in [-0.15, -0.1) is 5.10 Å². The van der Waals surface area contributed by atoms with E-state index in [1.807, 2.05) is 18.2 Å². The van der Waals surface area contributed by atoms with Crippen molar-refractivity contribution in [3.63, 3.8) is 0 Å². The Morgan fingerprint density at radius 2 is 1.71 bits per heavy atom. The Bertz CT molecular complexity index is 841. The van der Waals surface area contributed by atoms with Crippen LogP contribution in [0.15, 0.2) is 59.4 Å². The molecule has 3 rings (SSSR count). The second-order valence-corrected chi connectivity index (χ2v) is 4.67. The summed E-state index contributed by atoms with van der Waals surface area (Å²) in [5, 5.41) is 8.38. The number of fused-ring (bicyclic) bond motifs is 1. The number of aryl methyl sites for hydroxylation is 1. The van der Waals surface area contributed by atoms with E-state index in [-0.39, 0.29) is 24.3 Å². The molecule has 0 aliphatic carbocycles. The Labute approximate surface area is 120 Å². The van der Waals surface area contributed by atoms with Gasteiger partial charge in [0.05, 0.1) is 11.9 Å². The molecule has 0 saturated carbocycles. The van der Waals surface area contributed by atoms with Gasteiger partial charge in [0, 0.05) is 12.0 Å². The molecule has 21 heavy (non-hydrogen) atoms. The molecule has 0 N–H and O–H groups in total. The molecule has 104 valence electrons. The molecule has 0 saturated heterocycles. The number of rotatable bonds is 4. The molecule has 2 aromatic carbocycles. The average Bonchev–Trinajstić information content (AvgIpc) is 2.55. The van der Waals surface area contributed by atoms with Crippen molar-refractivity contribution in [3.8, 4) is 0 Å². The van der Waals surface area contributed by atoms with E-state index in [0.717, 1.165) is 0 Å². The molecule has 5 heteroatoms. The first kappa shape index (κ1) is 13.2. The van der Waals surface area contributed by atoms with E-state index in [1.165, 1.54) is 4.68 Å². The second kappa shape index (κ2) is 5.66. The van der Waals surface area contributed by atoms with Crippen LogP contribution in [0.5, 0.6) is 0 Å². The molecule has 0 amide bonds. The number of benzene rings is 2. The molecule has 0 aliphatic heterocycles. The van der Waals surface area contributed by atoms with E-state index in [0.29, 0.717) is 16.5 Å². The Hall–Kier alpha value is -2.82. The first-order valence-electron chi connectivity index (χ1n) is 6.66. The molecule has 0 atom stereocenters. The number of aromatic nitrogens is 3. The van der Waals surface area contributed by atoms with E-state index >= 15 is 0 Å². The van der Waals surface area contributed by atoms with Gasteiger partial charge in [-0.25, -0.2) is 4.68 Å². The van der Waals surface area contributed by atoms with Crippen LogP contribution in [-0.4, -0.2) is 20.8 Å². The van der Waals surface area contributed by atoms with Gasteiger partial charge in [-0.3, -0.25) is 9.59 Å². The van der Waals surface area contributed by atoms with Gasteiger partial charge < -0.3 is 0 Å². The molecule has 0 unspecified atom stereocenters. The Morgan fingerprint density at radius 3 is 2.52 bits per heavy atom. The number of ketones is 1. The molecular formula is C16H13N3O2. The second-order valence-electron chi connectivity index (χ2n) is 4.67. The monoisotopic (exact) mass is 279 g/mol. The van der Waals surface area contributed by atoms with Gasteiger partial charge >= 0.3 is 0 Å². The fourth-order valence-electron chi connectivity index (χ4n) is 2.15. The zero-order chi connectivity index (χ0) is 14.7. The van der Waals surface area contributed by atoms with Crippen LogP contribution in [0.4, 0.5) is 0 Å². The van der Waals surface area contributed by atoms with Crippen molar-refractivity contribution in [2.75, 3.05) is 0 Å². The summed E-state index contributed by atoms with van der Waals surface area (Å²) >= 11 is 0. The van der Waals surface area contributed by atoms with Crippen LogP contribution in [0.2, 0.25) is 0 Å². The fraction of sp³-hybridized carbons (Fsp3) is 0.125. The standard InChI is InChI=1S/C16H13N3O2/c20-15(12-6-2-1-3-7-12)10-11-19-16(21)13-8-4-5-9-14(13)17-18-19/h1-9H,10-11H2. The summed E-state index contributed by atoms with van der Waals surface area (Å²) in [5.41, 5.74) is 0.980. The van der Waals surface area contributed by atoms with Gasteiger partial charge in [0.2, 0.25) is 0 Å². The van der Waals surface area contributed by atoms with Crippen LogP contribution < -0.4 is 5.56 Å². The summed E-state index contributed by atoms with van der Waals surface area (Å²) in [6, 6.07) is 16.0. The molecule has 0 fully saturated rings. The number of carbonyl (C=O) groups excluding carboxylic acids is 1. The smallest absolute Gasteiger partial charge is 0.277 e. The first-order valence-corrected chi connectivity index (χ1v) is 6.66. The lowest BCUT2D eigenvalue weighted by Crippen LogP contribution is -2.25. The molecule has 1 aromatic heterocycles. The zero-order valence-electron chi connectivity index (χ0n) is 11.3. The van der Waals surface area contributed by atoms with E-state index in [2.05, 4.69) is 10.3 Å². The molecule has 0 aliphatic rings. The number of Topliss-reactive ketones (excluding diaryl/α,β-unsaturated/α-hetero) is 1. The van der Waals surface area contributed by atoms with E-state index in [4.69, 9.17) is 0 Å². The van der Waals surface area contributed by atoms with E-state index < -0.39 is 0 Å². The lowest BCUT2D eigenvalue weighted by atomic mass is 10.1. The minimum Gasteiger partial charge on any atom is -0.294 e. The summed E-state index contributed by atoms with van der Waals surface area (Å²) in [7, 11) is 0. The molecule has 3 aromatic rings. The Balaban J connectivity index is 1.81. The fourth-order valence-corrected chi connectivity index (χ4v) is 2.15. The molecular weight excluding hydrogens is 266 g/mol. The van der Waals surface area contributed by atoms with Gasteiger partial charge in [0.25, 0.3) is 5.56 Å². The first-order chi connectivity index (χ1) is 10.3. The van der Waals surface area contributed by atoms with E-state index in [1.54, 1.807) is 36.4 Å². The SMILES string of the molecule is O=C(CCn1nnc2ccccc2c1=O)c1ccccc1. The lowest BCUT2D eigenvalue weighted by molar-refractivity contribution is 0.0975. The van der Waals surface area contributed by atoms with Crippen molar-refractivity contribution in [2.45, 2.75) is 13.0 Å². The highest BCUT2D eigenvalue weighted by Gasteiger charge is 2.08. The van der Waals surface area contributed by atoms with Gasteiger partial charge in [0.15, 0.2) is 5.78 Å². The van der Waals surface area contributed by atoms with Crippen molar-refractivity contribution in [1.29, 1.82) is 0 Å². The average molecular weight is 279 g/mol. The number of hydrogen-bond acceptors (Lipinski definition) is 4. The highest BCUT2D eigenvalue weighted by atomic mass is 16.1. The van der Waals surface area contributed by atoms with Crippen LogP contribution in [-0.2, 0) is 6.54 Å². The summed E-state index contributed by atoms with van der Waals surface area (Å²) in [5.74, 6) is -0.0162. The Morgan fingerprint density at radius 1 is 1.00 bits per heavy atom. The molecule has 0 radical (unpaired) electrons. The van der Waals surface area contributed by atoms with Crippen molar-refractivity contribution >= 4 is 16.7 Å².